The van der Waals surface area contributed by atoms with E-state index in [4.69, 9.17) is 4.74 Å². The minimum Gasteiger partial charge on any atom is -0.497 e. The fourth-order valence-electron chi connectivity index (χ4n) is 2.85. The fraction of sp³-hybridized carbons (Fsp3) is 0.227. The highest BCUT2D eigenvalue weighted by Gasteiger charge is 2.32. The topological polar surface area (TPSA) is 73.2 Å². The van der Waals surface area contributed by atoms with Crippen molar-refractivity contribution in [2.24, 2.45) is 0 Å². The lowest BCUT2D eigenvalue weighted by atomic mass is 10.0. The predicted octanol–water partition coefficient (Wildman–Crippen LogP) is 2.97. The van der Waals surface area contributed by atoms with Crippen LogP contribution in [0.4, 0.5) is 0 Å². The molecule has 0 radical (unpaired) electrons. The summed E-state index contributed by atoms with van der Waals surface area (Å²) in [7, 11) is 1.60. The molecular formula is C22H23N3O3. The van der Waals surface area contributed by atoms with E-state index in [0.29, 0.717) is 12.2 Å². The summed E-state index contributed by atoms with van der Waals surface area (Å²) in [6.45, 7) is 3.68. The third-order valence-electron chi connectivity index (χ3n) is 4.54. The largest absolute Gasteiger partial charge is 0.497 e. The van der Waals surface area contributed by atoms with Gasteiger partial charge in [-0.2, -0.15) is 5.10 Å². The van der Waals surface area contributed by atoms with Crippen molar-refractivity contribution < 1.29 is 9.53 Å². The van der Waals surface area contributed by atoms with Crippen molar-refractivity contribution in [1.29, 1.82) is 0 Å². The maximum atomic E-state index is 12.9. The molecule has 1 amide bonds. The molecule has 3 rings (SSSR count). The van der Waals surface area contributed by atoms with E-state index in [1.54, 1.807) is 27.0 Å². The first-order chi connectivity index (χ1) is 13.4. The van der Waals surface area contributed by atoms with Crippen LogP contribution in [0.2, 0.25) is 0 Å². The first-order valence-electron chi connectivity index (χ1n) is 8.99. The normalized spacial score (nSPS) is 11.1. The van der Waals surface area contributed by atoms with Crippen LogP contribution in [0.15, 0.2) is 71.5 Å². The van der Waals surface area contributed by atoms with Gasteiger partial charge in [-0.15, -0.1) is 0 Å². The maximum absolute atomic E-state index is 12.9. The summed E-state index contributed by atoms with van der Waals surface area (Å²) in [5.41, 5.74) is 0.932. The third-order valence-corrected chi connectivity index (χ3v) is 4.54. The van der Waals surface area contributed by atoms with E-state index in [2.05, 4.69) is 10.4 Å². The standard InChI is InChI=1S/C22H23N3O3/c1-22(2,21(27)23-15-16-8-7-11-18(14-16)28-3)25-20(26)13-12-19(24-25)17-9-5-4-6-10-17/h4-14H,15H2,1-3H3,(H,23,27). The van der Waals surface area contributed by atoms with Crippen LogP contribution in [-0.2, 0) is 16.9 Å². The lowest BCUT2D eigenvalue weighted by Crippen LogP contribution is -2.49. The van der Waals surface area contributed by atoms with Gasteiger partial charge in [0, 0.05) is 18.2 Å². The molecule has 6 heteroatoms. The summed E-state index contributed by atoms with van der Waals surface area (Å²) >= 11 is 0. The molecule has 28 heavy (non-hydrogen) atoms. The van der Waals surface area contributed by atoms with Crippen LogP contribution in [0.5, 0.6) is 5.75 Å². The number of carbonyl (C=O) groups excluding carboxylic acids is 1. The molecule has 3 aromatic rings. The minimum absolute atomic E-state index is 0.296. The first-order valence-corrected chi connectivity index (χ1v) is 8.99. The Morgan fingerprint density at radius 1 is 1.07 bits per heavy atom. The smallest absolute Gasteiger partial charge is 0.267 e. The highest BCUT2D eigenvalue weighted by molar-refractivity contribution is 5.83. The summed E-state index contributed by atoms with van der Waals surface area (Å²) in [6, 6.07) is 20.1. The Bertz CT molecular complexity index is 1030. The van der Waals surface area contributed by atoms with Gasteiger partial charge in [0.2, 0.25) is 5.91 Å². The number of carbonyl (C=O) groups is 1. The van der Waals surface area contributed by atoms with Crippen molar-refractivity contribution in [2.45, 2.75) is 25.9 Å². The summed E-state index contributed by atoms with van der Waals surface area (Å²) in [5, 5.41) is 7.32. The molecule has 0 aliphatic rings. The Hall–Kier alpha value is -3.41. The van der Waals surface area contributed by atoms with Gasteiger partial charge in [-0.25, -0.2) is 4.68 Å². The highest BCUT2D eigenvalue weighted by Crippen LogP contribution is 2.18. The van der Waals surface area contributed by atoms with Crippen molar-refractivity contribution >= 4 is 5.91 Å². The Kier molecular flexibility index (Phi) is 5.59. The number of hydrogen-bond acceptors (Lipinski definition) is 4. The van der Waals surface area contributed by atoms with Gasteiger partial charge in [-0.1, -0.05) is 42.5 Å². The fourth-order valence-corrected chi connectivity index (χ4v) is 2.85. The quantitative estimate of drug-likeness (QED) is 0.717. The van der Waals surface area contributed by atoms with Crippen LogP contribution >= 0.6 is 0 Å². The number of ether oxygens (including phenoxy) is 1. The van der Waals surface area contributed by atoms with Crippen LogP contribution < -0.4 is 15.6 Å². The minimum atomic E-state index is -1.15. The molecule has 0 aliphatic carbocycles. The highest BCUT2D eigenvalue weighted by atomic mass is 16.5. The van der Waals surface area contributed by atoms with Gasteiger partial charge < -0.3 is 10.1 Å². The Morgan fingerprint density at radius 3 is 2.54 bits per heavy atom. The van der Waals surface area contributed by atoms with Gasteiger partial charge in [0.1, 0.15) is 11.3 Å². The van der Waals surface area contributed by atoms with E-state index in [1.165, 1.54) is 10.7 Å². The van der Waals surface area contributed by atoms with Gasteiger partial charge in [-0.05, 0) is 37.6 Å². The van der Waals surface area contributed by atoms with Gasteiger partial charge in [0.15, 0.2) is 0 Å². The van der Waals surface area contributed by atoms with Gasteiger partial charge in [0.05, 0.1) is 12.8 Å². The van der Waals surface area contributed by atoms with Crippen molar-refractivity contribution in [3.8, 4) is 17.0 Å². The van der Waals surface area contributed by atoms with Crippen LogP contribution in [0.3, 0.4) is 0 Å². The summed E-state index contributed by atoms with van der Waals surface area (Å²) < 4.78 is 6.43. The zero-order valence-electron chi connectivity index (χ0n) is 16.2. The molecular weight excluding hydrogens is 354 g/mol. The molecule has 2 aromatic carbocycles. The van der Waals surface area contributed by atoms with Crippen molar-refractivity contribution in [1.82, 2.24) is 15.1 Å². The van der Waals surface area contributed by atoms with Gasteiger partial charge in [-0.3, -0.25) is 9.59 Å². The second-order valence-corrected chi connectivity index (χ2v) is 6.93. The molecule has 1 heterocycles. The number of methoxy groups -OCH3 is 1. The molecule has 1 aromatic heterocycles. The summed E-state index contributed by atoms with van der Waals surface area (Å²) in [6.07, 6.45) is 0. The zero-order valence-corrected chi connectivity index (χ0v) is 16.2. The molecule has 0 fully saturated rings. The van der Waals surface area contributed by atoms with E-state index < -0.39 is 5.54 Å². The van der Waals surface area contributed by atoms with Crippen LogP contribution in [-0.4, -0.2) is 22.8 Å². The van der Waals surface area contributed by atoms with Gasteiger partial charge >= 0.3 is 0 Å². The molecule has 0 saturated heterocycles. The van der Waals surface area contributed by atoms with E-state index in [1.807, 2.05) is 54.6 Å². The van der Waals surface area contributed by atoms with Crippen LogP contribution in [0.1, 0.15) is 19.4 Å². The lowest BCUT2D eigenvalue weighted by Gasteiger charge is -2.25. The van der Waals surface area contributed by atoms with E-state index >= 15 is 0 Å². The Labute approximate surface area is 163 Å². The number of benzene rings is 2. The summed E-state index contributed by atoms with van der Waals surface area (Å²) in [4.78, 5) is 25.3. The third kappa shape index (κ3) is 4.11. The van der Waals surface area contributed by atoms with Crippen molar-refractivity contribution in [2.75, 3.05) is 7.11 Å². The van der Waals surface area contributed by atoms with Crippen molar-refractivity contribution in [3.63, 3.8) is 0 Å². The molecule has 0 spiro atoms. The zero-order chi connectivity index (χ0) is 20.1. The van der Waals surface area contributed by atoms with Crippen LogP contribution in [0, 0.1) is 0 Å². The average Bonchev–Trinajstić information content (AvgIpc) is 2.73. The Balaban J connectivity index is 1.83. The SMILES string of the molecule is COc1cccc(CNC(=O)C(C)(C)n2nc(-c3ccccc3)ccc2=O)c1. The van der Waals surface area contributed by atoms with E-state index in [0.717, 1.165) is 16.9 Å². The molecule has 1 N–H and O–H groups in total. The number of rotatable bonds is 6. The number of hydrogen-bond donors (Lipinski definition) is 1. The van der Waals surface area contributed by atoms with Crippen LogP contribution in [0.25, 0.3) is 11.3 Å². The van der Waals surface area contributed by atoms with E-state index in [9.17, 15) is 9.59 Å². The molecule has 0 aliphatic heterocycles. The van der Waals surface area contributed by atoms with Gasteiger partial charge in [0.25, 0.3) is 5.56 Å². The maximum Gasteiger partial charge on any atom is 0.267 e. The monoisotopic (exact) mass is 377 g/mol. The number of nitrogens with zero attached hydrogens (tertiary/aromatic N) is 2. The molecule has 0 bridgehead atoms. The summed E-state index contributed by atoms with van der Waals surface area (Å²) in [5.74, 6) is 0.426. The molecule has 144 valence electrons. The number of aromatic nitrogens is 2. The first kappa shape index (κ1) is 19.4. The Morgan fingerprint density at radius 2 is 1.82 bits per heavy atom. The number of nitrogens with one attached hydrogen (secondary N) is 1. The second-order valence-electron chi connectivity index (χ2n) is 6.93. The molecule has 0 saturated carbocycles. The second kappa shape index (κ2) is 8.08. The van der Waals surface area contributed by atoms with E-state index in [-0.39, 0.29) is 11.5 Å². The number of amides is 1. The predicted molar refractivity (Wildman–Crippen MR) is 108 cm³/mol. The molecule has 0 unspecified atom stereocenters. The lowest BCUT2D eigenvalue weighted by molar-refractivity contribution is -0.129. The molecule has 6 nitrogen and oxygen atoms in total. The van der Waals surface area contributed by atoms with Crippen molar-refractivity contribution in [3.05, 3.63) is 82.6 Å². The average molecular weight is 377 g/mol. The molecule has 0 atom stereocenters.